The second-order valence-corrected chi connectivity index (χ2v) is 7.23. The molecule has 146 valence electrons. The van der Waals surface area contributed by atoms with E-state index in [0.29, 0.717) is 18.8 Å². The van der Waals surface area contributed by atoms with Crippen molar-refractivity contribution in [1.29, 1.82) is 0 Å². The van der Waals surface area contributed by atoms with Crippen molar-refractivity contribution >= 4 is 16.9 Å². The van der Waals surface area contributed by atoms with Crippen molar-refractivity contribution in [1.82, 2.24) is 19.4 Å². The molecule has 4 heterocycles. The van der Waals surface area contributed by atoms with Gasteiger partial charge in [0.05, 0.1) is 23.6 Å². The molecule has 0 bridgehead atoms. The molecule has 1 fully saturated rings. The van der Waals surface area contributed by atoms with Crippen LogP contribution in [0.15, 0.2) is 70.0 Å². The fourth-order valence-electron chi connectivity index (χ4n) is 3.90. The van der Waals surface area contributed by atoms with Crippen LogP contribution in [0.25, 0.3) is 11.0 Å². The fraction of sp³-hybridized carbons (Fsp3) is 0.227. The van der Waals surface area contributed by atoms with E-state index in [2.05, 4.69) is 9.97 Å². The molecule has 0 aliphatic carbocycles. The number of hydrogen-bond acceptors (Lipinski definition) is 4. The van der Waals surface area contributed by atoms with E-state index in [-0.39, 0.29) is 23.3 Å². The van der Waals surface area contributed by atoms with Gasteiger partial charge in [-0.15, -0.1) is 0 Å². The van der Waals surface area contributed by atoms with Gasteiger partial charge in [-0.05, 0) is 43.2 Å². The Bertz CT molecular complexity index is 1200. The average Bonchev–Trinajstić information content (AvgIpc) is 3.48. The number of aromatic nitrogens is 3. The molecule has 1 N–H and O–H groups in total. The first-order valence-electron chi connectivity index (χ1n) is 9.69. The lowest BCUT2D eigenvalue weighted by Crippen LogP contribution is -2.30. The summed E-state index contributed by atoms with van der Waals surface area (Å²) in [7, 11) is 0. The minimum absolute atomic E-state index is 0.0970. The molecule has 4 aromatic rings. The van der Waals surface area contributed by atoms with Crippen molar-refractivity contribution in [2.75, 3.05) is 6.54 Å². The van der Waals surface area contributed by atoms with E-state index in [1.54, 1.807) is 35.0 Å². The largest absolute Gasteiger partial charge is 0.454 e. The highest BCUT2D eigenvalue weighted by Gasteiger charge is 2.34. The summed E-state index contributed by atoms with van der Waals surface area (Å²) in [6.45, 7) is 0.953. The molecule has 1 atom stereocenters. The van der Waals surface area contributed by atoms with Crippen LogP contribution < -0.4 is 5.56 Å². The number of imidazole rings is 1. The molecule has 1 aliphatic heterocycles. The Labute approximate surface area is 166 Å². The molecule has 1 amide bonds. The highest BCUT2D eigenvalue weighted by Crippen LogP contribution is 2.32. The number of benzene rings is 1. The molecule has 0 radical (unpaired) electrons. The molecule has 29 heavy (non-hydrogen) atoms. The van der Waals surface area contributed by atoms with Crippen LogP contribution in [0.4, 0.5) is 0 Å². The van der Waals surface area contributed by atoms with Crippen LogP contribution >= 0.6 is 0 Å². The van der Waals surface area contributed by atoms with Gasteiger partial charge in [0.15, 0.2) is 5.76 Å². The van der Waals surface area contributed by atoms with Gasteiger partial charge in [0.1, 0.15) is 11.6 Å². The second-order valence-electron chi connectivity index (χ2n) is 7.23. The molecule has 1 aromatic carbocycles. The average molecular weight is 388 g/mol. The summed E-state index contributed by atoms with van der Waals surface area (Å²) in [5, 5.41) is 0. The SMILES string of the molecule is O=C(c1ccc(Cn2ccccc2=O)o1)N1CCCC1c1nc2ccccc2[nH]1. The number of H-pyrrole nitrogens is 1. The van der Waals surface area contributed by atoms with Crippen molar-refractivity contribution in [3.8, 4) is 0 Å². The molecule has 1 unspecified atom stereocenters. The topological polar surface area (TPSA) is 84.1 Å². The smallest absolute Gasteiger partial charge is 0.290 e. The van der Waals surface area contributed by atoms with Gasteiger partial charge in [-0.25, -0.2) is 4.98 Å². The highest BCUT2D eigenvalue weighted by atomic mass is 16.4. The van der Waals surface area contributed by atoms with Crippen LogP contribution in [0.3, 0.4) is 0 Å². The van der Waals surface area contributed by atoms with E-state index in [1.165, 1.54) is 6.07 Å². The Kier molecular flexibility index (Phi) is 4.27. The zero-order valence-corrected chi connectivity index (χ0v) is 15.7. The lowest BCUT2D eigenvalue weighted by Gasteiger charge is -2.22. The first-order valence-corrected chi connectivity index (χ1v) is 9.69. The Morgan fingerprint density at radius 2 is 2.00 bits per heavy atom. The molecule has 7 heteroatoms. The van der Waals surface area contributed by atoms with E-state index in [4.69, 9.17) is 4.42 Å². The Balaban J connectivity index is 1.38. The number of likely N-dealkylation sites (tertiary alicyclic amines) is 1. The first-order chi connectivity index (χ1) is 14.2. The maximum absolute atomic E-state index is 13.1. The number of amides is 1. The lowest BCUT2D eigenvalue weighted by atomic mass is 10.2. The van der Waals surface area contributed by atoms with E-state index in [1.807, 2.05) is 29.2 Å². The molecule has 3 aromatic heterocycles. The van der Waals surface area contributed by atoms with Crippen molar-refractivity contribution in [2.24, 2.45) is 0 Å². The summed E-state index contributed by atoms with van der Waals surface area (Å²) in [4.78, 5) is 34.8. The zero-order valence-electron chi connectivity index (χ0n) is 15.7. The van der Waals surface area contributed by atoms with Gasteiger partial charge >= 0.3 is 0 Å². The second kappa shape index (κ2) is 7.09. The Hall–Kier alpha value is -3.61. The van der Waals surface area contributed by atoms with Gasteiger partial charge in [-0.3, -0.25) is 9.59 Å². The number of nitrogens with zero attached hydrogens (tertiary/aromatic N) is 3. The first kappa shape index (κ1) is 17.5. The third-order valence-electron chi connectivity index (χ3n) is 5.33. The summed E-state index contributed by atoms with van der Waals surface area (Å²) < 4.78 is 7.32. The van der Waals surface area contributed by atoms with Crippen molar-refractivity contribution in [3.05, 3.63) is 88.5 Å². The number of carbonyl (C=O) groups excluding carboxylic acids is 1. The predicted octanol–water partition coefficient (Wildman–Crippen LogP) is 3.34. The molecule has 0 spiro atoms. The number of para-hydroxylation sites is 2. The summed E-state index contributed by atoms with van der Waals surface area (Å²) in [6.07, 6.45) is 3.48. The van der Waals surface area contributed by atoms with E-state index in [0.717, 1.165) is 29.7 Å². The zero-order chi connectivity index (χ0) is 19.8. The predicted molar refractivity (Wildman–Crippen MR) is 108 cm³/mol. The highest BCUT2D eigenvalue weighted by molar-refractivity contribution is 5.92. The van der Waals surface area contributed by atoms with E-state index in [9.17, 15) is 9.59 Å². The third kappa shape index (κ3) is 3.24. The van der Waals surface area contributed by atoms with Crippen molar-refractivity contribution in [2.45, 2.75) is 25.4 Å². The minimum Gasteiger partial charge on any atom is -0.454 e. The maximum atomic E-state index is 13.1. The van der Waals surface area contributed by atoms with E-state index < -0.39 is 0 Å². The van der Waals surface area contributed by atoms with Crippen molar-refractivity contribution in [3.63, 3.8) is 0 Å². The monoisotopic (exact) mass is 388 g/mol. The summed E-state index contributed by atoms with van der Waals surface area (Å²) >= 11 is 0. The van der Waals surface area contributed by atoms with Crippen LogP contribution in [-0.4, -0.2) is 31.9 Å². The number of fused-ring (bicyclic) bond motifs is 1. The number of rotatable bonds is 4. The van der Waals surface area contributed by atoms with E-state index >= 15 is 0 Å². The van der Waals surface area contributed by atoms with Gasteiger partial charge in [0.2, 0.25) is 0 Å². The van der Waals surface area contributed by atoms with Gasteiger partial charge in [-0.2, -0.15) is 0 Å². The number of hydrogen-bond donors (Lipinski definition) is 1. The summed E-state index contributed by atoms with van der Waals surface area (Å²) in [5.41, 5.74) is 1.76. The van der Waals surface area contributed by atoms with Gasteiger partial charge in [0.25, 0.3) is 11.5 Å². The molecule has 1 saturated heterocycles. The van der Waals surface area contributed by atoms with Gasteiger partial charge < -0.3 is 18.9 Å². The van der Waals surface area contributed by atoms with Crippen molar-refractivity contribution < 1.29 is 9.21 Å². The number of furan rings is 1. The molecular weight excluding hydrogens is 368 g/mol. The molecule has 0 saturated carbocycles. The molecule has 5 rings (SSSR count). The number of nitrogens with one attached hydrogen (secondary N) is 1. The number of carbonyl (C=O) groups is 1. The molecule has 7 nitrogen and oxygen atoms in total. The van der Waals surface area contributed by atoms with Crippen LogP contribution in [0.5, 0.6) is 0 Å². The quantitative estimate of drug-likeness (QED) is 0.581. The standard InChI is InChI=1S/C22H20N4O3/c27-20-9-3-4-12-25(20)14-15-10-11-19(29-15)22(28)26-13-5-8-18(26)21-23-16-6-1-2-7-17(16)24-21/h1-4,6-7,9-12,18H,5,8,13-14H2,(H,23,24). The Morgan fingerprint density at radius 3 is 2.86 bits per heavy atom. The maximum Gasteiger partial charge on any atom is 0.290 e. The van der Waals surface area contributed by atoms with Gasteiger partial charge in [0, 0.05) is 18.8 Å². The van der Waals surface area contributed by atoms with Crippen LogP contribution in [-0.2, 0) is 6.54 Å². The van der Waals surface area contributed by atoms with Crippen LogP contribution in [0, 0.1) is 0 Å². The normalized spacial score (nSPS) is 16.6. The summed E-state index contributed by atoms with van der Waals surface area (Å²) in [6, 6.07) is 16.2. The third-order valence-corrected chi connectivity index (χ3v) is 5.33. The van der Waals surface area contributed by atoms with Crippen LogP contribution in [0.1, 0.15) is 41.0 Å². The number of pyridine rings is 1. The Morgan fingerprint density at radius 1 is 1.14 bits per heavy atom. The number of aromatic amines is 1. The van der Waals surface area contributed by atoms with Gasteiger partial charge in [-0.1, -0.05) is 18.2 Å². The minimum atomic E-state index is -0.153. The molecular formula is C22H20N4O3. The fourth-order valence-corrected chi connectivity index (χ4v) is 3.90. The van der Waals surface area contributed by atoms with Crippen LogP contribution in [0.2, 0.25) is 0 Å². The molecule has 1 aliphatic rings. The lowest BCUT2D eigenvalue weighted by molar-refractivity contribution is 0.0696. The summed E-state index contributed by atoms with van der Waals surface area (Å²) in [5.74, 6) is 1.51.